The highest BCUT2D eigenvalue weighted by Gasteiger charge is 2.28. The number of nitrogens with zero attached hydrogens (tertiary/aromatic N) is 1. The number of ether oxygens (including phenoxy) is 2. The minimum Gasteiger partial charge on any atom is -0.454 e. The molecule has 29 heavy (non-hydrogen) atoms. The lowest BCUT2D eigenvalue weighted by Crippen LogP contribution is -2.38. The minimum atomic E-state index is -4.05. The van der Waals surface area contributed by atoms with Crippen molar-refractivity contribution in [2.24, 2.45) is 0 Å². The van der Waals surface area contributed by atoms with E-state index in [1.165, 1.54) is 24.3 Å². The summed E-state index contributed by atoms with van der Waals surface area (Å²) >= 11 is 5.87. The van der Waals surface area contributed by atoms with E-state index in [0.29, 0.717) is 22.2 Å². The summed E-state index contributed by atoms with van der Waals surface area (Å²) in [6.45, 7) is 0.135. The number of sulfone groups is 1. The molecule has 0 bridgehead atoms. The average Bonchev–Trinajstić information content (AvgIpc) is 3.13. The zero-order valence-electron chi connectivity index (χ0n) is 15.3. The molecule has 7 nitrogen and oxygen atoms in total. The van der Waals surface area contributed by atoms with Crippen LogP contribution in [0.15, 0.2) is 58.1 Å². The van der Waals surface area contributed by atoms with Crippen molar-refractivity contribution in [1.82, 2.24) is 5.32 Å². The van der Waals surface area contributed by atoms with Gasteiger partial charge in [-0.25, -0.2) is 8.42 Å². The summed E-state index contributed by atoms with van der Waals surface area (Å²) in [6.07, 6.45) is 2.87. The van der Waals surface area contributed by atoms with E-state index in [2.05, 4.69) is 10.6 Å². The average molecular weight is 432 g/mol. The van der Waals surface area contributed by atoms with Crippen LogP contribution in [0.3, 0.4) is 0 Å². The highest BCUT2D eigenvalue weighted by Crippen LogP contribution is 2.35. The maximum atomic E-state index is 13.1. The summed E-state index contributed by atoms with van der Waals surface area (Å²) in [5.41, 5.74) is 0.579. The van der Waals surface area contributed by atoms with Crippen LogP contribution in [0.5, 0.6) is 11.5 Å². The second-order valence-corrected chi connectivity index (χ2v) is 9.06. The van der Waals surface area contributed by atoms with Crippen LogP contribution in [0.25, 0.3) is 0 Å². The van der Waals surface area contributed by atoms with Gasteiger partial charge in [0.15, 0.2) is 16.4 Å². The van der Waals surface area contributed by atoms with E-state index in [0.717, 1.165) is 19.3 Å². The molecule has 9 heteroatoms. The maximum absolute atomic E-state index is 13.1. The first-order valence-corrected chi connectivity index (χ1v) is 10.9. The number of anilines is 1. The van der Waals surface area contributed by atoms with Crippen LogP contribution in [0.2, 0.25) is 5.02 Å². The van der Waals surface area contributed by atoms with Gasteiger partial charge in [-0.05, 0) is 55.7 Å². The van der Waals surface area contributed by atoms with E-state index in [1.807, 2.05) is 6.07 Å². The zero-order chi connectivity index (χ0) is 20.4. The summed E-state index contributed by atoms with van der Waals surface area (Å²) in [4.78, 5) is -0.386. The second-order valence-electron chi connectivity index (χ2n) is 6.74. The highest BCUT2D eigenvalue weighted by atomic mass is 35.5. The largest absolute Gasteiger partial charge is 0.454 e. The number of nitrogens with one attached hydrogen (secondary N) is 2. The lowest BCUT2D eigenvalue weighted by Gasteiger charge is -2.29. The first kappa shape index (κ1) is 19.4. The van der Waals surface area contributed by atoms with E-state index in [9.17, 15) is 13.7 Å². The third-order valence-corrected chi connectivity index (χ3v) is 6.79. The number of allylic oxidation sites excluding steroid dienone is 1. The van der Waals surface area contributed by atoms with Crippen LogP contribution in [0.4, 0.5) is 5.69 Å². The highest BCUT2D eigenvalue weighted by molar-refractivity contribution is 7.95. The van der Waals surface area contributed by atoms with Gasteiger partial charge in [0.25, 0.3) is 0 Å². The number of halogens is 1. The fourth-order valence-corrected chi connectivity index (χ4v) is 4.37. The Labute approximate surface area is 173 Å². The molecule has 2 aliphatic rings. The van der Waals surface area contributed by atoms with E-state index in [4.69, 9.17) is 21.1 Å². The Bertz CT molecular complexity index is 1100. The molecule has 4 rings (SSSR count). The molecule has 150 valence electrons. The van der Waals surface area contributed by atoms with Crippen LogP contribution < -0.4 is 20.1 Å². The number of benzene rings is 2. The number of hydrogen-bond donors (Lipinski definition) is 2. The van der Waals surface area contributed by atoms with Crippen LogP contribution in [0, 0.1) is 11.3 Å². The van der Waals surface area contributed by atoms with Crippen molar-refractivity contribution < 1.29 is 17.9 Å². The maximum Gasteiger partial charge on any atom is 0.231 e. The van der Waals surface area contributed by atoms with Crippen molar-refractivity contribution in [3.63, 3.8) is 0 Å². The van der Waals surface area contributed by atoms with E-state index in [1.54, 1.807) is 18.2 Å². The van der Waals surface area contributed by atoms with Gasteiger partial charge < -0.3 is 20.1 Å². The number of hydrogen-bond acceptors (Lipinski definition) is 7. The first-order valence-electron chi connectivity index (χ1n) is 9.05. The molecule has 1 saturated carbocycles. The standard InChI is InChI=1S/C20H18ClN3O4S/c21-13-4-7-16(8-5-13)29(25,26)19(11-22)20(23-14-2-1-3-14)24-15-6-9-17-18(10-15)28-12-27-17/h4-10,14,23-24H,1-3,12H2. The normalized spacial score (nSPS) is 16.4. The van der Waals surface area contributed by atoms with Crippen molar-refractivity contribution in [2.45, 2.75) is 30.2 Å². The molecular weight excluding hydrogens is 414 g/mol. The Kier molecular flexibility index (Phi) is 5.26. The van der Waals surface area contributed by atoms with Gasteiger partial charge in [0.05, 0.1) is 4.90 Å². The summed E-state index contributed by atoms with van der Waals surface area (Å²) in [7, 11) is -4.05. The predicted octanol–water partition coefficient (Wildman–Crippen LogP) is 3.79. The van der Waals surface area contributed by atoms with Gasteiger partial charge in [0.2, 0.25) is 16.6 Å². The molecule has 1 heterocycles. The smallest absolute Gasteiger partial charge is 0.231 e. The third-order valence-electron chi connectivity index (χ3n) is 4.82. The Hall–Kier alpha value is -2.89. The molecule has 2 aromatic rings. The summed E-state index contributed by atoms with van der Waals surface area (Å²) in [5.74, 6) is 1.31. The fourth-order valence-electron chi connectivity index (χ4n) is 3.02. The van der Waals surface area contributed by atoms with Gasteiger partial charge in [0.1, 0.15) is 11.9 Å². The van der Waals surface area contributed by atoms with Gasteiger partial charge >= 0.3 is 0 Å². The Morgan fingerprint density at radius 1 is 1.10 bits per heavy atom. The van der Waals surface area contributed by atoms with Crippen molar-refractivity contribution in [1.29, 1.82) is 5.26 Å². The molecule has 1 aliphatic heterocycles. The Morgan fingerprint density at radius 3 is 2.48 bits per heavy atom. The number of nitriles is 1. The van der Waals surface area contributed by atoms with Crippen LogP contribution in [0.1, 0.15) is 19.3 Å². The Balaban J connectivity index is 1.74. The second kappa shape index (κ2) is 7.85. The quantitative estimate of drug-likeness (QED) is 0.671. The topological polar surface area (TPSA) is 100 Å². The molecule has 0 atom stereocenters. The van der Waals surface area contributed by atoms with Gasteiger partial charge in [-0.15, -0.1) is 0 Å². The zero-order valence-corrected chi connectivity index (χ0v) is 16.9. The molecule has 0 unspecified atom stereocenters. The van der Waals surface area contributed by atoms with Gasteiger partial charge in [-0.2, -0.15) is 5.26 Å². The molecule has 0 spiro atoms. The van der Waals surface area contributed by atoms with Crippen LogP contribution in [-0.4, -0.2) is 21.3 Å². The summed E-state index contributed by atoms with van der Waals surface area (Å²) < 4.78 is 36.9. The first-order chi connectivity index (χ1) is 14.0. The molecule has 0 amide bonds. The molecule has 1 fully saturated rings. The lowest BCUT2D eigenvalue weighted by molar-refractivity contribution is 0.174. The van der Waals surface area contributed by atoms with Crippen LogP contribution >= 0.6 is 11.6 Å². The van der Waals surface area contributed by atoms with Gasteiger partial charge in [0, 0.05) is 22.8 Å². The van der Waals surface area contributed by atoms with Crippen molar-refractivity contribution >= 4 is 27.1 Å². The Morgan fingerprint density at radius 2 is 1.83 bits per heavy atom. The SMILES string of the molecule is N#CC(=C(Nc1ccc2c(c1)OCO2)NC1CCC1)S(=O)(=O)c1ccc(Cl)cc1. The third kappa shape index (κ3) is 3.97. The molecule has 0 radical (unpaired) electrons. The molecule has 2 aromatic carbocycles. The van der Waals surface area contributed by atoms with Crippen molar-refractivity contribution in [2.75, 3.05) is 12.1 Å². The molecule has 0 saturated heterocycles. The molecular formula is C20H18ClN3O4S. The van der Waals surface area contributed by atoms with Crippen LogP contribution in [-0.2, 0) is 9.84 Å². The van der Waals surface area contributed by atoms with Crippen molar-refractivity contribution in [3.05, 3.63) is 58.2 Å². The predicted molar refractivity (Wildman–Crippen MR) is 108 cm³/mol. The summed E-state index contributed by atoms with van der Waals surface area (Å²) in [6, 6.07) is 12.9. The lowest BCUT2D eigenvalue weighted by atomic mass is 9.93. The van der Waals surface area contributed by atoms with Gasteiger partial charge in [-0.3, -0.25) is 0 Å². The van der Waals surface area contributed by atoms with E-state index < -0.39 is 9.84 Å². The van der Waals surface area contributed by atoms with E-state index >= 15 is 0 Å². The molecule has 1 aliphatic carbocycles. The summed E-state index contributed by atoms with van der Waals surface area (Å²) in [5, 5.41) is 16.4. The van der Waals surface area contributed by atoms with E-state index in [-0.39, 0.29) is 28.5 Å². The van der Waals surface area contributed by atoms with Crippen molar-refractivity contribution in [3.8, 4) is 17.6 Å². The molecule has 0 aromatic heterocycles. The fraction of sp³-hybridized carbons (Fsp3) is 0.250. The van der Waals surface area contributed by atoms with Gasteiger partial charge in [-0.1, -0.05) is 11.6 Å². The monoisotopic (exact) mass is 431 g/mol. The number of rotatable bonds is 6. The number of fused-ring (bicyclic) bond motifs is 1. The minimum absolute atomic E-state index is 0.00107. The molecule has 2 N–H and O–H groups in total.